The topological polar surface area (TPSA) is 100 Å². The van der Waals surface area contributed by atoms with Crippen LogP contribution in [0.3, 0.4) is 0 Å². The standard InChI is InChI=1S/C18H21N3O4/c1-11(2)15(21-17(23)14-8-5-9-25-14)18(24)20-13-7-4-6-12(10-13)16(22)19-3/h4-11,15H,1-3H3,(H,19,22)(H,20,24)(H,21,23). The first-order valence-corrected chi connectivity index (χ1v) is 7.89. The van der Waals surface area contributed by atoms with E-state index in [1.165, 1.54) is 19.4 Å². The Kier molecular flexibility index (Phi) is 5.94. The molecule has 0 bridgehead atoms. The molecule has 0 aliphatic carbocycles. The van der Waals surface area contributed by atoms with Crippen LogP contribution in [-0.2, 0) is 4.79 Å². The minimum atomic E-state index is -0.749. The maximum atomic E-state index is 12.6. The first kappa shape index (κ1) is 18.3. The van der Waals surface area contributed by atoms with E-state index in [0.29, 0.717) is 11.3 Å². The molecule has 0 spiro atoms. The van der Waals surface area contributed by atoms with Gasteiger partial charge in [0.2, 0.25) is 5.91 Å². The summed E-state index contributed by atoms with van der Waals surface area (Å²) >= 11 is 0. The summed E-state index contributed by atoms with van der Waals surface area (Å²) in [4.78, 5) is 36.4. The summed E-state index contributed by atoms with van der Waals surface area (Å²) in [6, 6.07) is 8.94. The van der Waals surface area contributed by atoms with Gasteiger partial charge < -0.3 is 20.4 Å². The number of anilines is 1. The molecule has 0 aliphatic heterocycles. The molecule has 132 valence electrons. The molecule has 1 aromatic heterocycles. The highest BCUT2D eigenvalue weighted by atomic mass is 16.3. The number of rotatable bonds is 6. The third kappa shape index (κ3) is 4.69. The largest absolute Gasteiger partial charge is 0.459 e. The average Bonchev–Trinajstić information content (AvgIpc) is 3.13. The summed E-state index contributed by atoms with van der Waals surface area (Å²) in [6.45, 7) is 3.65. The van der Waals surface area contributed by atoms with Crippen molar-refractivity contribution in [2.75, 3.05) is 12.4 Å². The zero-order valence-corrected chi connectivity index (χ0v) is 14.3. The molecule has 7 nitrogen and oxygen atoms in total. The molecule has 3 amide bonds. The Morgan fingerprint density at radius 1 is 1.04 bits per heavy atom. The molecule has 0 saturated carbocycles. The quantitative estimate of drug-likeness (QED) is 0.747. The fraction of sp³-hybridized carbons (Fsp3) is 0.278. The Labute approximate surface area is 145 Å². The van der Waals surface area contributed by atoms with Crippen LogP contribution in [0.2, 0.25) is 0 Å². The number of furan rings is 1. The van der Waals surface area contributed by atoms with E-state index in [1.54, 1.807) is 30.3 Å². The molecule has 1 aromatic carbocycles. The Hall–Kier alpha value is -3.09. The molecule has 1 unspecified atom stereocenters. The molecular weight excluding hydrogens is 322 g/mol. The molecule has 3 N–H and O–H groups in total. The summed E-state index contributed by atoms with van der Waals surface area (Å²) in [7, 11) is 1.53. The van der Waals surface area contributed by atoms with Gasteiger partial charge in [0.15, 0.2) is 5.76 Å². The van der Waals surface area contributed by atoms with Crippen LogP contribution < -0.4 is 16.0 Å². The summed E-state index contributed by atoms with van der Waals surface area (Å²) in [5, 5.41) is 7.92. The number of amides is 3. The minimum Gasteiger partial charge on any atom is -0.459 e. The Morgan fingerprint density at radius 2 is 1.80 bits per heavy atom. The first-order valence-electron chi connectivity index (χ1n) is 7.89. The van der Waals surface area contributed by atoms with Gasteiger partial charge in [-0.15, -0.1) is 0 Å². The lowest BCUT2D eigenvalue weighted by Gasteiger charge is -2.21. The van der Waals surface area contributed by atoms with Gasteiger partial charge >= 0.3 is 0 Å². The van der Waals surface area contributed by atoms with Crippen LogP contribution in [0.5, 0.6) is 0 Å². The molecule has 25 heavy (non-hydrogen) atoms. The van der Waals surface area contributed by atoms with E-state index in [2.05, 4.69) is 16.0 Å². The van der Waals surface area contributed by atoms with E-state index in [9.17, 15) is 14.4 Å². The number of hydrogen-bond acceptors (Lipinski definition) is 4. The van der Waals surface area contributed by atoms with Crippen LogP contribution in [0, 0.1) is 5.92 Å². The van der Waals surface area contributed by atoms with Crippen molar-refractivity contribution < 1.29 is 18.8 Å². The van der Waals surface area contributed by atoms with E-state index < -0.39 is 11.9 Å². The second kappa shape index (κ2) is 8.14. The predicted molar refractivity (Wildman–Crippen MR) is 93.3 cm³/mol. The number of carbonyl (C=O) groups excluding carboxylic acids is 3. The van der Waals surface area contributed by atoms with Gasteiger partial charge in [-0.1, -0.05) is 19.9 Å². The van der Waals surface area contributed by atoms with Crippen LogP contribution in [0.1, 0.15) is 34.8 Å². The maximum absolute atomic E-state index is 12.6. The van der Waals surface area contributed by atoms with Gasteiger partial charge in [-0.2, -0.15) is 0 Å². The van der Waals surface area contributed by atoms with Crippen LogP contribution in [0.15, 0.2) is 47.1 Å². The highest BCUT2D eigenvalue weighted by Gasteiger charge is 2.25. The average molecular weight is 343 g/mol. The fourth-order valence-corrected chi connectivity index (χ4v) is 2.26. The monoisotopic (exact) mass is 343 g/mol. The zero-order chi connectivity index (χ0) is 18.4. The third-order valence-electron chi connectivity index (χ3n) is 3.60. The molecule has 2 aromatic rings. The van der Waals surface area contributed by atoms with Crippen molar-refractivity contribution in [3.05, 3.63) is 54.0 Å². The van der Waals surface area contributed by atoms with Crippen molar-refractivity contribution in [3.63, 3.8) is 0 Å². The van der Waals surface area contributed by atoms with Crippen LogP contribution in [-0.4, -0.2) is 30.8 Å². The van der Waals surface area contributed by atoms with Crippen molar-refractivity contribution >= 4 is 23.4 Å². The molecule has 2 rings (SSSR count). The smallest absolute Gasteiger partial charge is 0.287 e. The van der Waals surface area contributed by atoms with E-state index in [4.69, 9.17) is 4.42 Å². The third-order valence-corrected chi connectivity index (χ3v) is 3.60. The van der Waals surface area contributed by atoms with Gasteiger partial charge in [0, 0.05) is 18.3 Å². The number of carbonyl (C=O) groups is 3. The summed E-state index contributed by atoms with van der Waals surface area (Å²) in [5.74, 6) is -1.08. The molecule has 1 atom stereocenters. The highest BCUT2D eigenvalue weighted by molar-refractivity contribution is 6.01. The molecule has 0 aliphatic rings. The van der Waals surface area contributed by atoms with E-state index in [0.717, 1.165) is 0 Å². The van der Waals surface area contributed by atoms with Crippen molar-refractivity contribution in [1.82, 2.24) is 10.6 Å². The van der Waals surface area contributed by atoms with Gasteiger partial charge in [-0.25, -0.2) is 0 Å². The lowest BCUT2D eigenvalue weighted by Crippen LogP contribution is -2.47. The summed E-state index contributed by atoms with van der Waals surface area (Å²) < 4.78 is 5.04. The van der Waals surface area contributed by atoms with Gasteiger partial charge in [0.25, 0.3) is 11.8 Å². The molecule has 1 heterocycles. The zero-order valence-electron chi connectivity index (χ0n) is 14.3. The minimum absolute atomic E-state index is 0.138. The van der Waals surface area contributed by atoms with Crippen LogP contribution in [0.25, 0.3) is 0 Å². The normalized spacial score (nSPS) is 11.7. The number of hydrogen-bond donors (Lipinski definition) is 3. The molecule has 0 fully saturated rings. The van der Waals surface area contributed by atoms with Gasteiger partial charge in [0.1, 0.15) is 6.04 Å². The maximum Gasteiger partial charge on any atom is 0.287 e. The van der Waals surface area contributed by atoms with Crippen molar-refractivity contribution in [2.45, 2.75) is 19.9 Å². The second-order valence-electron chi connectivity index (χ2n) is 5.82. The highest BCUT2D eigenvalue weighted by Crippen LogP contribution is 2.13. The second-order valence-corrected chi connectivity index (χ2v) is 5.82. The van der Waals surface area contributed by atoms with Crippen molar-refractivity contribution in [3.8, 4) is 0 Å². The summed E-state index contributed by atoms with van der Waals surface area (Å²) in [6.07, 6.45) is 1.39. The predicted octanol–water partition coefficient (Wildman–Crippen LogP) is 2.03. The Balaban J connectivity index is 2.10. The number of benzene rings is 1. The van der Waals surface area contributed by atoms with Gasteiger partial charge in [-0.05, 0) is 36.2 Å². The van der Waals surface area contributed by atoms with Gasteiger partial charge in [0.05, 0.1) is 6.26 Å². The van der Waals surface area contributed by atoms with Crippen LogP contribution >= 0.6 is 0 Å². The Morgan fingerprint density at radius 3 is 2.40 bits per heavy atom. The molecule has 7 heteroatoms. The first-order chi connectivity index (χ1) is 11.9. The van der Waals surface area contributed by atoms with Gasteiger partial charge in [-0.3, -0.25) is 14.4 Å². The van der Waals surface area contributed by atoms with E-state index in [1.807, 2.05) is 13.8 Å². The Bertz CT molecular complexity index is 753. The lowest BCUT2D eigenvalue weighted by atomic mass is 10.0. The number of nitrogens with one attached hydrogen (secondary N) is 3. The molecule has 0 saturated heterocycles. The van der Waals surface area contributed by atoms with Crippen molar-refractivity contribution in [2.24, 2.45) is 5.92 Å². The molecular formula is C18H21N3O4. The fourth-order valence-electron chi connectivity index (χ4n) is 2.26. The van der Waals surface area contributed by atoms with Crippen molar-refractivity contribution in [1.29, 1.82) is 0 Å². The van der Waals surface area contributed by atoms with Crippen LogP contribution in [0.4, 0.5) is 5.69 Å². The molecule has 0 radical (unpaired) electrons. The lowest BCUT2D eigenvalue weighted by molar-refractivity contribution is -0.118. The van der Waals surface area contributed by atoms with E-state index in [-0.39, 0.29) is 23.5 Å². The SMILES string of the molecule is CNC(=O)c1cccc(NC(=O)C(NC(=O)c2ccco2)C(C)C)c1. The summed E-state index contributed by atoms with van der Waals surface area (Å²) in [5.41, 5.74) is 0.907. The van der Waals surface area contributed by atoms with E-state index >= 15 is 0 Å².